The van der Waals surface area contributed by atoms with E-state index in [1.165, 1.54) is 28.4 Å². The van der Waals surface area contributed by atoms with Crippen molar-refractivity contribution in [3.05, 3.63) is 12.3 Å². The smallest absolute Gasteiger partial charge is 0.336 e. The number of ether oxygens (including phenoxy) is 2. The van der Waals surface area contributed by atoms with E-state index in [0.717, 1.165) is 0 Å². The molecule has 0 radical (unpaired) electrons. The quantitative estimate of drug-likeness (QED) is 0.662. The number of rotatable bonds is 3. The topological polar surface area (TPSA) is 90.7 Å². The lowest BCUT2D eigenvalue weighted by Gasteiger charge is -2.30. The number of morpholine rings is 1. The maximum atomic E-state index is 12.4. The van der Waals surface area contributed by atoms with Crippen LogP contribution in [0.1, 0.15) is 0 Å². The molecule has 19 heavy (non-hydrogen) atoms. The summed E-state index contributed by atoms with van der Waals surface area (Å²) in [7, 11) is -0.895. The number of hydrogen-bond donors (Lipinski definition) is 0. The van der Waals surface area contributed by atoms with E-state index >= 15 is 0 Å². The van der Waals surface area contributed by atoms with E-state index in [1.807, 2.05) is 0 Å². The van der Waals surface area contributed by atoms with Crippen LogP contribution in [0.25, 0.3) is 0 Å². The van der Waals surface area contributed by atoms with Crippen LogP contribution in [0.3, 0.4) is 0 Å². The lowest BCUT2D eigenvalue weighted by Crippen LogP contribution is -2.49. The van der Waals surface area contributed by atoms with E-state index in [9.17, 15) is 13.2 Å². The van der Waals surface area contributed by atoms with Crippen LogP contribution in [-0.2, 0) is 31.3 Å². The Kier molecular flexibility index (Phi) is 3.88. The van der Waals surface area contributed by atoms with Gasteiger partial charge in [-0.3, -0.25) is 4.68 Å². The molecule has 1 aromatic heterocycles. The van der Waals surface area contributed by atoms with Crippen molar-refractivity contribution in [2.75, 3.05) is 26.8 Å². The van der Waals surface area contributed by atoms with Crippen molar-refractivity contribution in [3.8, 4) is 0 Å². The first-order valence-corrected chi connectivity index (χ1v) is 7.08. The summed E-state index contributed by atoms with van der Waals surface area (Å²) in [6, 6.07) is 1.41. The minimum absolute atomic E-state index is 0.0554. The molecule has 0 saturated carbocycles. The molecule has 0 bridgehead atoms. The van der Waals surface area contributed by atoms with E-state index in [-0.39, 0.29) is 24.7 Å². The van der Waals surface area contributed by atoms with Crippen LogP contribution in [-0.4, -0.2) is 61.4 Å². The molecule has 8 nitrogen and oxygen atoms in total. The van der Waals surface area contributed by atoms with Gasteiger partial charge in [0.25, 0.3) is 10.0 Å². The van der Waals surface area contributed by atoms with Crippen molar-refractivity contribution in [3.63, 3.8) is 0 Å². The number of esters is 1. The first-order valence-electron chi connectivity index (χ1n) is 5.64. The standard InChI is InChI=1S/C10H15N3O5S/c1-12-9(3-4-11-12)19(15,16)13-5-6-18-8(7-13)10(14)17-2/h3-4,8H,5-7H2,1-2H3. The largest absolute Gasteiger partial charge is 0.467 e. The first kappa shape index (κ1) is 14.0. The molecule has 0 aromatic carbocycles. The predicted molar refractivity (Wildman–Crippen MR) is 63.7 cm³/mol. The maximum absolute atomic E-state index is 12.4. The molecular weight excluding hydrogens is 274 g/mol. The Morgan fingerprint density at radius 3 is 2.89 bits per heavy atom. The Labute approximate surface area is 110 Å². The number of nitrogens with zero attached hydrogens (tertiary/aromatic N) is 3. The van der Waals surface area contributed by atoms with E-state index in [2.05, 4.69) is 9.84 Å². The van der Waals surface area contributed by atoms with E-state index in [0.29, 0.717) is 0 Å². The molecule has 0 N–H and O–H groups in total. The number of methoxy groups -OCH3 is 1. The summed E-state index contributed by atoms with van der Waals surface area (Å²) in [4.78, 5) is 11.4. The highest BCUT2D eigenvalue weighted by Crippen LogP contribution is 2.18. The van der Waals surface area contributed by atoms with Gasteiger partial charge in [-0.1, -0.05) is 0 Å². The summed E-state index contributed by atoms with van der Waals surface area (Å²) in [5.41, 5.74) is 0. The van der Waals surface area contributed by atoms with Crippen LogP contribution in [0.5, 0.6) is 0 Å². The third-order valence-corrected chi connectivity index (χ3v) is 4.81. The molecule has 2 rings (SSSR count). The molecule has 9 heteroatoms. The second-order valence-electron chi connectivity index (χ2n) is 4.04. The normalized spacial score (nSPS) is 21.3. The fraction of sp³-hybridized carbons (Fsp3) is 0.600. The van der Waals surface area contributed by atoms with E-state index in [4.69, 9.17) is 4.74 Å². The average Bonchev–Trinajstić information content (AvgIpc) is 2.85. The summed E-state index contributed by atoms with van der Waals surface area (Å²) < 4.78 is 37.0. The van der Waals surface area contributed by atoms with Crippen molar-refractivity contribution in [2.24, 2.45) is 7.05 Å². The van der Waals surface area contributed by atoms with Gasteiger partial charge >= 0.3 is 5.97 Å². The number of aryl methyl sites for hydroxylation is 1. The van der Waals surface area contributed by atoms with Gasteiger partial charge in [0, 0.05) is 13.6 Å². The van der Waals surface area contributed by atoms with Gasteiger partial charge in [-0.25, -0.2) is 13.2 Å². The molecule has 106 valence electrons. The molecule has 2 heterocycles. The molecule has 1 saturated heterocycles. The van der Waals surface area contributed by atoms with Gasteiger partial charge in [0.15, 0.2) is 11.1 Å². The van der Waals surface area contributed by atoms with Crippen LogP contribution in [0.15, 0.2) is 17.3 Å². The van der Waals surface area contributed by atoms with Gasteiger partial charge in [-0.15, -0.1) is 0 Å². The Morgan fingerprint density at radius 1 is 1.58 bits per heavy atom. The van der Waals surface area contributed by atoms with E-state index < -0.39 is 22.1 Å². The Balaban J connectivity index is 2.22. The fourth-order valence-corrected chi connectivity index (χ4v) is 3.39. The highest BCUT2D eigenvalue weighted by Gasteiger charge is 2.35. The minimum atomic E-state index is -3.68. The average molecular weight is 289 g/mol. The van der Waals surface area contributed by atoms with Crippen molar-refractivity contribution in [1.82, 2.24) is 14.1 Å². The first-order chi connectivity index (χ1) is 8.96. The zero-order valence-electron chi connectivity index (χ0n) is 10.6. The van der Waals surface area contributed by atoms with Crippen LogP contribution in [0.4, 0.5) is 0 Å². The number of carbonyl (C=O) groups excluding carboxylic acids is 1. The van der Waals surface area contributed by atoms with Gasteiger partial charge < -0.3 is 9.47 Å². The van der Waals surface area contributed by atoms with Gasteiger partial charge in [0.1, 0.15) is 0 Å². The van der Waals surface area contributed by atoms with Crippen LogP contribution < -0.4 is 0 Å². The highest BCUT2D eigenvalue weighted by molar-refractivity contribution is 7.89. The molecule has 1 aliphatic heterocycles. The number of aromatic nitrogens is 2. The van der Waals surface area contributed by atoms with Crippen LogP contribution in [0.2, 0.25) is 0 Å². The Bertz CT molecular complexity index is 567. The molecule has 1 atom stereocenters. The van der Waals surface area contributed by atoms with Crippen molar-refractivity contribution in [1.29, 1.82) is 0 Å². The molecule has 0 aliphatic carbocycles. The zero-order valence-corrected chi connectivity index (χ0v) is 11.5. The summed E-state index contributed by atoms with van der Waals surface area (Å²) in [6.07, 6.45) is 0.521. The van der Waals surface area contributed by atoms with Crippen molar-refractivity contribution >= 4 is 16.0 Å². The molecule has 0 spiro atoms. The Hall–Kier alpha value is -1.45. The predicted octanol–water partition coefficient (Wildman–Crippen LogP) is -1.02. The molecule has 1 aliphatic rings. The van der Waals surface area contributed by atoms with Gasteiger partial charge in [0.05, 0.1) is 26.5 Å². The third-order valence-electron chi connectivity index (χ3n) is 2.87. The van der Waals surface area contributed by atoms with Crippen LogP contribution >= 0.6 is 0 Å². The molecular formula is C10H15N3O5S. The zero-order chi connectivity index (χ0) is 14.0. The highest BCUT2D eigenvalue weighted by atomic mass is 32.2. The summed E-state index contributed by atoms with van der Waals surface area (Å²) in [5.74, 6) is -0.579. The van der Waals surface area contributed by atoms with Gasteiger partial charge in [0.2, 0.25) is 0 Å². The van der Waals surface area contributed by atoms with Crippen molar-refractivity contribution in [2.45, 2.75) is 11.1 Å². The molecule has 1 fully saturated rings. The molecule has 1 aromatic rings. The van der Waals surface area contributed by atoms with Crippen LogP contribution in [0, 0.1) is 0 Å². The van der Waals surface area contributed by atoms with Gasteiger partial charge in [-0.05, 0) is 6.07 Å². The second-order valence-corrected chi connectivity index (χ2v) is 5.92. The summed E-state index contributed by atoms with van der Waals surface area (Å²) in [6.45, 7) is 0.290. The lowest BCUT2D eigenvalue weighted by atomic mass is 10.3. The second kappa shape index (κ2) is 5.27. The van der Waals surface area contributed by atoms with E-state index in [1.54, 1.807) is 7.05 Å². The molecule has 1 unspecified atom stereocenters. The fourth-order valence-electron chi connectivity index (χ4n) is 1.87. The third kappa shape index (κ3) is 2.62. The number of sulfonamides is 1. The minimum Gasteiger partial charge on any atom is -0.467 e. The number of hydrogen-bond acceptors (Lipinski definition) is 6. The summed E-state index contributed by atoms with van der Waals surface area (Å²) in [5, 5.41) is 3.92. The van der Waals surface area contributed by atoms with Crippen molar-refractivity contribution < 1.29 is 22.7 Å². The summed E-state index contributed by atoms with van der Waals surface area (Å²) >= 11 is 0. The molecule has 0 amide bonds. The Morgan fingerprint density at radius 2 is 2.32 bits per heavy atom. The maximum Gasteiger partial charge on any atom is 0.336 e. The SMILES string of the molecule is COC(=O)C1CN(S(=O)(=O)c2ccnn2C)CCO1. The number of carbonyl (C=O) groups is 1. The monoisotopic (exact) mass is 289 g/mol. The lowest BCUT2D eigenvalue weighted by molar-refractivity contribution is -0.157. The van der Waals surface area contributed by atoms with Gasteiger partial charge in [-0.2, -0.15) is 9.40 Å².